The molecule has 15 nitrogen and oxygen atoms in total. The molecule has 5 heterocycles. The van der Waals surface area contributed by atoms with Crippen LogP contribution in [0.15, 0.2) is 53.3 Å². The molecule has 0 saturated heterocycles. The van der Waals surface area contributed by atoms with E-state index in [2.05, 4.69) is 16.0 Å². The fourth-order valence-corrected chi connectivity index (χ4v) is 8.30. The zero-order valence-corrected chi connectivity index (χ0v) is 33.8. The fraction of sp³-hybridized carbons (Fsp3) is 0.409. The predicted octanol–water partition coefficient (Wildman–Crippen LogP) is 3.86. The van der Waals surface area contributed by atoms with Crippen LogP contribution in [0.3, 0.4) is 0 Å². The van der Waals surface area contributed by atoms with Crippen molar-refractivity contribution in [2.75, 3.05) is 11.9 Å². The monoisotopic (exact) mass is 804 g/mol. The number of rotatable bonds is 14. The van der Waals surface area contributed by atoms with Gasteiger partial charge in [0, 0.05) is 52.7 Å². The molecular formula is C44H48N6O9. The van der Waals surface area contributed by atoms with Gasteiger partial charge in [-0.1, -0.05) is 52.3 Å². The van der Waals surface area contributed by atoms with E-state index in [4.69, 9.17) is 9.72 Å². The van der Waals surface area contributed by atoms with Gasteiger partial charge in [0.15, 0.2) is 5.60 Å². The van der Waals surface area contributed by atoms with E-state index in [1.54, 1.807) is 44.4 Å². The first-order chi connectivity index (χ1) is 28.2. The standard InChI is InChI=1S/C44H48N6O9/c1-6-25-28-21-50-33(20-30-29(42(50)56)22-59-43(57)44(30,58)7-2)39(28)46-32-16-15-26-27(37(25)32)12-11-13-31(26)47-40(54)24(5)45-41(55)38(23(3)4)48-34(51)14-9-8-10-19-49-35(52)17-18-36(49)53/h11-13,15-18,20,23-24,38,58H,6-10,14,19,21-22H2,1-5H3,(H,45,55)(H,47,54)(H,48,51)/t24-,38-,44-/m0/s1. The Bertz CT molecular complexity index is 2520. The van der Waals surface area contributed by atoms with Crippen molar-refractivity contribution in [2.24, 2.45) is 5.92 Å². The molecule has 4 N–H and O–H groups in total. The molecule has 2 aromatic carbocycles. The number of aryl methyl sites for hydroxylation is 1. The molecule has 59 heavy (non-hydrogen) atoms. The molecule has 4 aromatic rings. The van der Waals surface area contributed by atoms with Crippen molar-refractivity contribution in [1.29, 1.82) is 0 Å². The van der Waals surface area contributed by atoms with Crippen molar-refractivity contribution in [2.45, 2.75) is 104 Å². The van der Waals surface area contributed by atoms with E-state index in [0.29, 0.717) is 48.3 Å². The highest BCUT2D eigenvalue weighted by atomic mass is 16.6. The number of aliphatic hydroxyl groups is 1. The average molecular weight is 805 g/mol. The highest BCUT2D eigenvalue weighted by Crippen LogP contribution is 2.42. The van der Waals surface area contributed by atoms with Crippen molar-refractivity contribution in [3.05, 3.63) is 81.2 Å². The first kappa shape index (κ1) is 41.0. The van der Waals surface area contributed by atoms with Crippen molar-refractivity contribution in [3.8, 4) is 11.4 Å². The number of benzene rings is 2. The van der Waals surface area contributed by atoms with E-state index >= 15 is 0 Å². The van der Waals surface area contributed by atoms with Gasteiger partial charge in [0.25, 0.3) is 17.4 Å². The molecule has 0 spiro atoms. The zero-order chi connectivity index (χ0) is 42.3. The van der Waals surface area contributed by atoms with E-state index in [-0.39, 0.29) is 72.9 Å². The van der Waals surface area contributed by atoms with Gasteiger partial charge in [0.1, 0.15) is 18.7 Å². The van der Waals surface area contributed by atoms with Gasteiger partial charge in [-0.2, -0.15) is 0 Å². The normalized spacial score (nSPS) is 17.8. The van der Waals surface area contributed by atoms with Crippen molar-refractivity contribution in [1.82, 2.24) is 25.1 Å². The summed E-state index contributed by atoms with van der Waals surface area (Å²) in [6.07, 6.45) is 4.98. The Balaban J connectivity index is 1.05. The summed E-state index contributed by atoms with van der Waals surface area (Å²) in [5, 5.41) is 22.3. The number of anilines is 1. The van der Waals surface area contributed by atoms with E-state index in [1.165, 1.54) is 12.2 Å². The number of hydrogen-bond donors (Lipinski definition) is 4. The number of pyridine rings is 2. The second-order valence-electron chi connectivity index (χ2n) is 15.7. The van der Waals surface area contributed by atoms with Crippen LogP contribution < -0.4 is 21.5 Å². The number of hydrogen-bond acceptors (Lipinski definition) is 10. The number of nitrogens with one attached hydrogen (secondary N) is 3. The van der Waals surface area contributed by atoms with Crippen molar-refractivity contribution >= 4 is 62.9 Å². The number of fused-ring (bicyclic) bond motifs is 7. The zero-order valence-electron chi connectivity index (χ0n) is 33.8. The van der Waals surface area contributed by atoms with E-state index in [9.17, 15) is 38.7 Å². The van der Waals surface area contributed by atoms with Gasteiger partial charge in [-0.05, 0) is 67.7 Å². The highest BCUT2D eigenvalue weighted by molar-refractivity contribution is 6.15. The van der Waals surface area contributed by atoms with Gasteiger partial charge in [-0.3, -0.25) is 33.7 Å². The van der Waals surface area contributed by atoms with Gasteiger partial charge >= 0.3 is 5.97 Å². The lowest BCUT2D eigenvalue weighted by Gasteiger charge is -2.31. The third-order valence-electron chi connectivity index (χ3n) is 11.6. The summed E-state index contributed by atoms with van der Waals surface area (Å²) < 4.78 is 6.84. The molecule has 3 aliphatic heterocycles. The number of ether oxygens (including phenoxy) is 1. The van der Waals surface area contributed by atoms with E-state index < -0.39 is 35.5 Å². The third kappa shape index (κ3) is 7.39. The minimum Gasteiger partial charge on any atom is -0.458 e. The van der Waals surface area contributed by atoms with Crippen molar-refractivity contribution in [3.63, 3.8) is 0 Å². The Morgan fingerprint density at radius 3 is 2.36 bits per heavy atom. The van der Waals surface area contributed by atoms with Crippen molar-refractivity contribution < 1.29 is 38.6 Å². The number of cyclic esters (lactones) is 1. The van der Waals surface area contributed by atoms with Crippen LogP contribution in [0.4, 0.5) is 5.69 Å². The topological polar surface area (TPSA) is 206 Å². The summed E-state index contributed by atoms with van der Waals surface area (Å²) in [5.41, 5.74) is 2.42. The second-order valence-corrected chi connectivity index (χ2v) is 15.7. The largest absolute Gasteiger partial charge is 0.458 e. The minimum absolute atomic E-state index is 0.0456. The third-order valence-corrected chi connectivity index (χ3v) is 11.6. The SMILES string of the molecule is CCc1c2c(nc3ccc4c(NC(=O)[C@H](C)NC(=O)[C@@H](NC(=O)CCCCCN5C(=O)C=CC5=O)C(C)C)cccc4c13)-c1cc3c(c(=O)n1C2)COC(=O)[C@]3(O)CC. The molecule has 0 radical (unpaired) electrons. The summed E-state index contributed by atoms with van der Waals surface area (Å²) in [4.78, 5) is 95.9. The van der Waals surface area contributed by atoms with Crippen LogP contribution in [0.1, 0.15) is 89.0 Å². The summed E-state index contributed by atoms with van der Waals surface area (Å²) in [6, 6.07) is 9.15. The van der Waals surface area contributed by atoms with Crippen LogP contribution in [-0.4, -0.2) is 73.7 Å². The molecule has 0 saturated carbocycles. The summed E-state index contributed by atoms with van der Waals surface area (Å²) >= 11 is 0. The predicted molar refractivity (Wildman–Crippen MR) is 219 cm³/mol. The van der Waals surface area contributed by atoms with Gasteiger partial charge < -0.3 is 30.4 Å². The van der Waals surface area contributed by atoms with E-state index in [0.717, 1.165) is 32.2 Å². The van der Waals surface area contributed by atoms with Crippen LogP contribution >= 0.6 is 0 Å². The van der Waals surface area contributed by atoms with Gasteiger partial charge in [-0.15, -0.1) is 0 Å². The number of unbranched alkanes of at least 4 members (excludes halogenated alkanes) is 2. The van der Waals surface area contributed by atoms with Crippen LogP contribution in [0.25, 0.3) is 33.1 Å². The number of amides is 5. The second kappa shape index (κ2) is 16.2. The summed E-state index contributed by atoms with van der Waals surface area (Å²) in [6.45, 7) is 9.19. The molecule has 7 rings (SSSR count). The lowest BCUT2D eigenvalue weighted by atomic mass is 9.86. The Labute approximate surface area is 340 Å². The van der Waals surface area contributed by atoms with E-state index in [1.807, 2.05) is 31.2 Å². The maximum atomic E-state index is 13.8. The van der Waals surface area contributed by atoms with Crippen LogP contribution in [0.5, 0.6) is 0 Å². The quantitative estimate of drug-likeness (QED) is 0.0552. The minimum atomic E-state index is -1.93. The molecular weight excluding hydrogens is 757 g/mol. The molecule has 0 aliphatic carbocycles. The van der Waals surface area contributed by atoms with Gasteiger partial charge in [-0.25, -0.2) is 9.78 Å². The van der Waals surface area contributed by atoms with Crippen LogP contribution in [-0.2, 0) is 58.7 Å². The number of carbonyl (C=O) groups excluding carboxylic acids is 6. The number of imide groups is 1. The molecule has 2 aromatic heterocycles. The molecule has 0 fully saturated rings. The summed E-state index contributed by atoms with van der Waals surface area (Å²) in [5.74, 6) is -2.99. The number of nitrogens with zero attached hydrogens (tertiary/aromatic N) is 3. The number of carbonyl (C=O) groups is 6. The van der Waals surface area contributed by atoms with Gasteiger partial charge in [0.2, 0.25) is 17.7 Å². The first-order valence-electron chi connectivity index (χ1n) is 20.2. The Morgan fingerprint density at radius 2 is 1.66 bits per heavy atom. The maximum absolute atomic E-state index is 13.8. The lowest BCUT2D eigenvalue weighted by Crippen LogP contribution is -2.53. The first-order valence-corrected chi connectivity index (χ1v) is 20.2. The van der Waals surface area contributed by atoms with Crippen LogP contribution in [0, 0.1) is 5.92 Å². The molecule has 308 valence electrons. The molecule has 15 heteroatoms. The van der Waals surface area contributed by atoms with Gasteiger partial charge in [0.05, 0.1) is 29.0 Å². The number of esters is 1. The maximum Gasteiger partial charge on any atom is 0.343 e. The lowest BCUT2D eigenvalue weighted by molar-refractivity contribution is -0.172. The smallest absolute Gasteiger partial charge is 0.343 e. The molecule has 5 amide bonds. The Morgan fingerprint density at radius 1 is 0.915 bits per heavy atom. The molecule has 0 bridgehead atoms. The highest BCUT2D eigenvalue weighted by Gasteiger charge is 2.45. The Kier molecular flexibility index (Phi) is 11.2. The molecule has 3 atom stereocenters. The molecule has 0 unspecified atom stereocenters. The van der Waals surface area contributed by atoms with Crippen LogP contribution in [0.2, 0.25) is 0 Å². The average Bonchev–Trinajstić information content (AvgIpc) is 3.75. The molecule has 3 aliphatic rings. The summed E-state index contributed by atoms with van der Waals surface area (Å²) in [7, 11) is 0. The Hall–Kier alpha value is -6.22. The fourth-order valence-electron chi connectivity index (χ4n) is 8.30. The number of aromatic nitrogens is 2.